The van der Waals surface area contributed by atoms with E-state index in [1.54, 1.807) is 25.1 Å². The molecule has 1 unspecified atom stereocenters. The molecular formula is C14H16N2O3S. The molecule has 0 saturated carbocycles. The first-order valence-corrected chi connectivity index (χ1v) is 7.43. The number of hydrogen-bond donors (Lipinski definition) is 1. The van der Waals surface area contributed by atoms with Gasteiger partial charge in [-0.15, -0.1) is 0 Å². The second kappa shape index (κ2) is 7.06. The van der Waals surface area contributed by atoms with Gasteiger partial charge in [0.05, 0.1) is 17.4 Å². The van der Waals surface area contributed by atoms with E-state index in [1.807, 2.05) is 6.07 Å². The molecule has 106 valence electrons. The van der Waals surface area contributed by atoms with E-state index >= 15 is 0 Å². The smallest absolute Gasteiger partial charge is 0.244 e. The minimum atomic E-state index is -3.72. The zero-order valence-electron chi connectivity index (χ0n) is 11.4. The predicted molar refractivity (Wildman–Crippen MR) is 75.0 cm³/mol. The maximum Gasteiger partial charge on any atom is 0.244 e. The monoisotopic (exact) mass is 292 g/mol. The van der Waals surface area contributed by atoms with Crippen LogP contribution in [0.4, 0.5) is 0 Å². The van der Waals surface area contributed by atoms with Crippen molar-refractivity contribution >= 4 is 10.0 Å². The molecule has 0 amide bonds. The quantitative estimate of drug-likeness (QED) is 0.838. The maximum atomic E-state index is 12.5. The summed E-state index contributed by atoms with van der Waals surface area (Å²) in [6, 6.07) is 7.86. The van der Waals surface area contributed by atoms with E-state index < -0.39 is 16.1 Å². The van der Waals surface area contributed by atoms with Gasteiger partial charge in [0.2, 0.25) is 10.0 Å². The highest BCUT2D eigenvalue weighted by molar-refractivity contribution is 7.89. The Labute approximate surface area is 119 Å². The molecule has 1 aromatic rings. The van der Waals surface area contributed by atoms with Crippen molar-refractivity contribution in [3.8, 4) is 17.9 Å². The number of benzene rings is 1. The molecule has 1 aromatic carbocycles. The standard InChI is InChI=1S/C14H16N2O3S/c1-12(9-10-15)16(2)20(18,19)14-8-4-3-6-13(14)7-5-11-17/h3-4,6,8,12,17H,9,11H2,1-2H3. The number of aliphatic hydroxyl groups is 1. The van der Waals surface area contributed by atoms with Crippen LogP contribution in [-0.2, 0) is 10.0 Å². The highest BCUT2D eigenvalue weighted by Gasteiger charge is 2.26. The van der Waals surface area contributed by atoms with Crippen molar-refractivity contribution in [2.75, 3.05) is 13.7 Å². The van der Waals surface area contributed by atoms with Gasteiger partial charge < -0.3 is 5.11 Å². The zero-order valence-corrected chi connectivity index (χ0v) is 12.2. The SMILES string of the molecule is CC(CC#N)N(C)S(=O)(=O)c1ccccc1C#CCO. The van der Waals surface area contributed by atoms with Crippen LogP contribution in [0.2, 0.25) is 0 Å². The highest BCUT2D eigenvalue weighted by atomic mass is 32.2. The van der Waals surface area contributed by atoms with E-state index in [1.165, 1.54) is 13.1 Å². The van der Waals surface area contributed by atoms with Gasteiger partial charge in [-0.3, -0.25) is 0 Å². The normalized spacial score (nSPS) is 12.3. The van der Waals surface area contributed by atoms with Crippen LogP contribution in [0.25, 0.3) is 0 Å². The lowest BCUT2D eigenvalue weighted by Crippen LogP contribution is -2.35. The summed E-state index contributed by atoms with van der Waals surface area (Å²) in [5.41, 5.74) is 0.331. The molecule has 20 heavy (non-hydrogen) atoms. The number of aliphatic hydroxyl groups excluding tert-OH is 1. The molecule has 0 radical (unpaired) electrons. The Morgan fingerprint density at radius 3 is 2.65 bits per heavy atom. The summed E-state index contributed by atoms with van der Waals surface area (Å²) in [5, 5.41) is 17.4. The van der Waals surface area contributed by atoms with Crippen LogP contribution in [0, 0.1) is 23.2 Å². The van der Waals surface area contributed by atoms with Gasteiger partial charge >= 0.3 is 0 Å². The number of rotatable bonds is 4. The molecular weight excluding hydrogens is 276 g/mol. The summed E-state index contributed by atoms with van der Waals surface area (Å²) in [5.74, 6) is 5.06. The lowest BCUT2D eigenvalue weighted by Gasteiger charge is -2.22. The molecule has 0 spiro atoms. The van der Waals surface area contributed by atoms with E-state index in [9.17, 15) is 8.42 Å². The average molecular weight is 292 g/mol. The van der Waals surface area contributed by atoms with Gasteiger partial charge in [-0.2, -0.15) is 9.57 Å². The first-order valence-electron chi connectivity index (χ1n) is 5.99. The lowest BCUT2D eigenvalue weighted by molar-refractivity contribution is 0.350. The molecule has 0 aromatic heterocycles. The van der Waals surface area contributed by atoms with E-state index in [0.29, 0.717) is 5.56 Å². The topological polar surface area (TPSA) is 81.4 Å². The average Bonchev–Trinajstić information content (AvgIpc) is 2.44. The fourth-order valence-corrected chi connectivity index (χ4v) is 3.09. The van der Waals surface area contributed by atoms with Gasteiger partial charge in [0.1, 0.15) is 6.61 Å². The fraction of sp³-hybridized carbons (Fsp3) is 0.357. The minimum Gasteiger partial charge on any atom is -0.384 e. The van der Waals surface area contributed by atoms with Crippen LogP contribution < -0.4 is 0 Å². The molecule has 1 atom stereocenters. The van der Waals surface area contributed by atoms with Crippen molar-refractivity contribution in [3.05, 3.63) is 29.8 Å². The van der Waals surface area contributed by atoms with Crippen molar-refractivity contribution in [3.63, 3.8) is 0 Å². The van der Waals surface area contributed by atoms with Gasteiger partial charge in [-0.05, 0) is 19.1 Å². The van der Waals surface area contributed by atoms with Crippen molar-refractivity contribution in [2.24, 2.45) is 0 Å². The first-order chi connectivity index (χ1) is 9.45. The van der Waals surface area contributed by atoms with Crippen molar-refractivity contribution < 1.29 is 13.5 Å². The van der Waals surface area contributed by atoms with E-state index in [2.05, 4.69) is 11.8 Å². The Bertz CT molecular complexity index is 666. The van der Waals surface area contributed by atoms with Crippen LogP contribution in [-0.4, -0.2) is 37.5 Å². The fourth-order valence-electron chi connectivity index (χ4n) is 1.58. The minimum absolute atomic E-state index is 0.0771. The number of nitriles is 1. The number of sulfonamides is 1. The number of hydrogen-bond acceptors (Lipinski definition) is 4. The first kappa shape index (κ1) is 16.2. The van der Waals surface area contributed by atoms with Crippen LogP contribution in [0.3, 0.4) is 0 Å². The van der Waals surface area contributed by atoms with Crippen LogP contribution >= 0.6 is 0 Å². The summed E-state index contributed by atoms with van der Waals surface area (Å²) in [7, 11) is -2.29. The van der Waals surface area contributed by atoms with Gasteiger partial charge in [-0.25, -0.2) is 8.42 Å². The van der Waals surface area contributed by atoms with Gasteiger partial charge in [0, 0.05) is 18.7 Å². The lowest BCUT2D eigenvalue weighted by atomic mass is 10.2. The molecule has 0 heterocycles. The van der Waals surface area contributed by atoms with Crippen LogP contribution in [0.15, 0.2) is 29.2 Å². The summed E-state index contributed by atoms with van der Waals surface area (Å²) < 4.78 is 26.2. The summed E-state index contributed by atoms with van der Waals surface area (Å²) in [4.78, 5) is 0.0771. The zero-order chi connectivity index (χ0) is 15.2. The predicted octanol–water partition coefficient (Wildman–Crippen LogP) is 0.953. The van der Waals surface area contributed by atoms with Crippen molar-refractivity contribution in [2.45, 2.75) is 24.3 Å². The third-order valence-corrected chi connectivity index (χ3v) is 4.88. The molecule has 0 bridgehead atoms. The van der Waals surface area contributed by atoms with E-state index in [-0.39, 0.29) is 17.9 Å². The summed E-state index contributed by atoms with van der Waals surface area (Å²) in [6.45, 7) is 1.33. The molecule has 0 aliphatic rings. The molecule has 5 nitrogen and oxygen atoms in total. The molecule has 0 saturated heterocycles. The Morgan fingerprint density at radius 2 is 2.05 bits per heavy atom. The van der Waals surface area contributed by atoms with E-state index in [4.69, 9.17) is 10.4 Å². The molecule has 0 fully saturated rings. The maximum absolute atomic E-state index is 12.5. The van der Waals surface area contributed by atoms with Gasteiger partial charge in [-0.1, -0.05) is 24.0 Å². The molecule has 0 aliphatic carbocycles. The third-order valence-electron chi connectivity index (χ3n) is 2.85. The Kier molecular flexibility index (Phi) is 5.72. The largest absolute Gasteiger partial charge is 0.384 e. The molecule has 6 heteroatoms. The van der Waals surface area contributed by atoms with Crippen LogP contribution in [0.5, 0.6) is 0 Å². The van der Waals surface area contributed by atoms with Crippen LogP contribution in [0.1, 0.15) is 18.9 Å². The third kappa shape index (κ3) is 3.58. The summed E-state index contributed by atoms with van der Waals surface area (Å²) in [6.07, 6.45) is 0.111. The van der Waals surface area contributed by atoms with Gasteiger partial charge in [0.25, 0.3) is 0 Å². The van der Waals surface area contributed by atoms with Crippen molar-refractivity contribution in [1.82, 2.24) is 4.31 Å². The molecule has 1 rings (SSSR count). The Morgan fingerprint density at radius 1 is 1.40 bits per heavy atom. The number of nitrogens with zero attached hydrogens (tertiary/aromatic N) is 2. The molecule has 0 aliphatic heterocycles. The van der Waals surface area contributed by atoms with E-state index in [0.717, 1.165) is 4.31 Å². The highest BCUT2D eigenvalue weighted by Crippen LogP contribution is 2.21. The summed E-state index contributed by atoms with van der Waals surface area (Å²) >= 11 is 0. The molecule has 1 N–H and O–H groups in total. The Hall–Kier alpha value is -1.86. The second-order valence-electron chi connectivity index (χ2n) is 4.19. The van der Waals surface area contributed by atoms with Gasteiger partial charge in [0.15, 0.2) is 0 Å². The Balaban J connectivity index is 3.26. The van der Waals surface area contributed by atoms with Crippen molar-refractivity contribution in [1.29, 1.82) is 5.26 Å². The second-order valence-corrected chi connectivity index (χ2v) is 6.15.